The van der Waals surface area contributed by atoms with Crippen molar-refractivity contribution in [1.82, 2.24) is 0 Å². The Hall–Kier alpha value is 0.820. The Balaban J connectivity index is 5.23. The normalized spacial score (nSPS) is 16.3. The summed E-state index contributed by atoms with van der Waals surface area (Å²) < 4.78 is 109. The third-order valence-corrected chi connectivity index (χ3v) is 6.25. The van der Waals surface area contributed by atoms with Crippen molar-refractivity contribution in [3.05, 3.63) is 0 Å². The molecule has 0 aliphatic rings. The minimum atomic E-state index is -6.23. The molecule has 0 rings (SSSR count). The van der Waals surface area contributed by atoms with Crippen LogP contribution in [-0.4, -0.2) is 55.0 Å². The molecule has 2 atom stereocenters. The highest BCUT2D eigenvalue weighted by molar-refractivity contribution is 14.1. The molecule has 0 saturated carbocycles. The van der Waals surface area contributed by atoms with E-state index in [9.17, 15) is 35.1 Å². The zero-order valence-corrected chi connectivity index (χ0v) is 19.2. The molecule has 0 aliphatic heterocycles. The fraction of sp³-hybridized carbons (Fsp3) is 1.00. The van der Waals surface area contributed by atoms with E-state index in [1.54, 1.807) is 0 Å². The molecular weight excluding hydrogens is 630 g/mol. The first kappa shape index (κ1) is 28.8. The van der Waals surface area contributed by atoms with Crippen molar-refractivity contribution in [2.45, 2.75) is 82.9 Å². The van der Waals surface area contributed by atoms with Gasteiger partial charge in [0.05, 0.1) is 0 Å². The lowest BCUT2D eigenvalue weighted by Crippen LogP contribution is -2.62. The Morgan fingerprint density at radius 1 is 0.571 bits per heavy atom. The fourth-order valence-corrected chi connectivity index (χ4v) is 4.42. The van der Waals surface area contributed by atoms with Crippen molar-refractivity contribution in [2.75, 3.05) is 13.2 Å². The second kappa shape index (κ2) is 12.0. The zero-order chi connectivity index (χ0) is 22.2. The minimum Gasteiger partial charge on any atom is -0.396 e. The lowest BCUT2D eigenvalue weighted by atomic mass is 9.92. The Morgan fingerprint density at radius 2 is 0.857 bits per heavy atom. The lowest BCUT2D eigenvalue weighted by Gasteiger charge is -2.38. The van der Waals surface area contributed by atoms with Gasteiger partial charge in [-0.2, -0.15) is 35.1 Å². The van der Waals surface area contributed by atoms with E-state index in [1.807, 2.05) is 0 Å². The summed E-state index contributed by atoms with van der Waals surface area (Å²) in [5, 5.41) is 17.2. The fourth-order valence-electron chi connectivity index (χ4n) is 2.43. The molecule has 170 valence electrons. The maximum atomic E-state index is 13.9. The van der Waals surface area contributed by atoms with E-state index >= 15 is 0 Å². The summed E-state index contributed by atoms with van der Waals surface area (Å²) in [6.07, 6.45) is -2.58. The summed E-state index contributed by atoms with van der Waals surface area (Å²) in [5.41, 5.74) is 0. The van der Waals surface area contributed by atoms with Crippen LogP contribution in [0.2, 0.25) is 0 Å². The van der Waals surface area contributed by atoms with E-state index in [0.717, 1.165) is 0 Å². The third kappa shape index (κ3) is 7.82. The first-order valence-corrected chi connectivity index (χ1v) is 11.2. The van der Waals surface area contributed by atoms with Crippen LogP contribution in [0.4, 0.5) is 35.1 Å². The summed E-state index contributed by atoms with van der Waals surface area (Å²) in [6, 6.07) is 0. The van der Waals surface area contributed by atoms with Gasteiger partial charge in [-0.1, -0.05) is 58.0 Å². The monoisotopic (exact) mass is 654 g/mol. The van der Waals surface area contributed by atoms with Crippen LogP contribution in [0.1, 0.15) is 51.4 Å². The molecule has 0 fully saturated rings. The molecule has 0 amide bonds. The van der Waals surface area contributed by atoms with Gasteiger partial charge in [0.1, 0.15) is 0 Å². The predicted molar refractivity (Wildman–Crippen MR) is 107 cm³/mol. The molecule has 2 nitrogen and oxygen atoms in total. The zero-order valence-electron chi connectivity index (χ0n) is 14.9. The number of aliphatic hydroxyl groups excluding tert-OH is 2. The molecule has 2 unspecified atom stereocenters. The highest BCUT2D eigenvalue weighted by Crippen LogP contribution is 2.56. The first-order valence-electron chi connectivity index (χ1n) is 8.67. The van der Waals surface area contributed by atoms with E-state index in [4.69, 9.17) is 10.2 Å². The summed E-state index contributed by atoms with van der Waals surface area (Å²) in [4.78, 5) is 0. The SMILES string of the molecule is OCCCCC(I)CC(F)(F)C(F)(F)C(F)(F)C(F)(F)CC(I)CCCCO. The molecule has 0 bridgehead atoms. The van der Waals surface area contributed by atoms with E-state index < -0.39 is 44.4 Å². The van der Waals surface area contributed by atoms with E-state index in [-0.39, 0.29) is 51.7 Å². The summed E-state index contributed by atoms with van der Waals surface area (Å²) >= 11 is 2.77. The molecule has 0 aliphatic carbocycles. The van der Waals surface area contributed by atoms with Gasteiger partial charge in [-0.15, -0.1) is 0 Å². The molecule has 28 heavy (non-hydrogen) atoms. The van der Waals surface area contributed by atoms with Gasteiger partial charge in [0, 0.05) is 33.9 Å². The maximum Gasteiger partial charge on any atom is 0.378 e. The number of alkyl halides is 10. The van der Waals surface area contributed by atoms with Crippen LogP contribution < -0.4 is 0 Å². The van der Waals surface area contributed by atoms with Gasteiger partial charge in [0.25, 0.3) is 0 Å². The highest BCUT2D eigenvalue weighted by Gasteiger charge is 2.80. The molecule has 0 radical (unpaired) electrons. The van der Waals surface area contributed by atoms with E-state index in [1.165, 1.54) is 45.2 Å². The van der Waals surface area contributed by atoms with Gasteiger partial charge in [0.15, 0.2) is 0 Å². The second-order valence-electron chi connectivity index (χ2n) is 6.60. The van der Waals surface area contributed by atoms with Crippen molar-refractivity contribution in [3.8, 4) is 0 Å². The molecule has 12 heteroatoms. The van der Waals surface area contributed by atoms with Crippen LogP contribution in [0.3, 0.4) is 0 Å². The first-order chi connectivity index (χ1) is 12.7. The topological polar surface area (TPSA) is 40.5 Å². The van der Waals surface area contributed by atoms with Crippen LogP contribution in [-0.2, 0) is 0 Å². The van der Waals surface area contributed by atoms with Crippen LogP contribution in [0.25, 0.3) is 0 Å². The molecule has 0 saturated heterocycles. The van der Waals surface area contributed by atoms with Gasteiger partial charge >= 0.3 is 23.7 Å². The number of unbranched alkanes of at least 4 members (excludes halogenated alkanes) is 2. The Labute approximate surface area is 186 Å². The summed E-state index contributed by atoms with van der Waals surface area (Å²) in [7, 11) is 0. The average molecular weight is 654 g/mol. The van der Waals surface area contributed by atoms with Crippen LogP contribution in [0.15, 0.2) is 0 Å². The Morgan fingerprint density at radius 3 is 1.11 bits per heavy atom. The molecule has 0 aromatic carbocycles. The van der Waals surface area contributed by atoms with Gasteiger partial charge in [-0.05, 0) is 25.7 Å². The van der Waals surface area contributed by atoms with Crippen LogP contribution in [0.5, 0.6) is 0 Å². The quantitative estimate of drug-likeness (QED) is 0.0951. The number of hydrogen-bond donors (Lipinski definition) is 2. The van der Waals surface area contributed by atoms with Gasteiger partial charge in [0.2, 0.25) is 0 Å². The molecule has 0 heterocycles. The lowest BCUT2D eigenvalue weighted by molar-refractivity contribution is -0.367. The van der Waals surface area contributed by atoms with Gasteiger partial charge < -0.3 is 10.2 Å². The molecule has 0 spiro atoms. The molecule has 2 N–H and O–H groups in total. The molecular formula is C16H24F8I2O2. The van der Waals surface area contributed by atoms with Crippen molar-refractivity contribution in [3.63, 3.8) is 0 Å². The summed E-state index contributed by atoms with van der Waals surface area (Å²) in [6.45, 7) is -0.480. The molecule has 0 aromatic heterocycles. The van der Waals surface area contributed by atoms with Crippen molar-refractivity contribution in [2.24, 2.45) is 0 Å². The van der Waals surface area contributed by atoms with Crippen molar-refractivity contribution >= 4 is 45.2 Å². The van der Waals surface area contributed by atoms with Crippen molar-refractivity contribution < 1.29 is 45.3 Å². The maximum absolute atomic E-state index is 13.9. The van der Waals surface area contributed by atoms with Crippen LogP contribution >= 0.6 is 45.2 Å². The smallest absolute Gasteiger partial charge is 0.378 e. The highest BCUT2D eigenvalue weighted by atomic mass is 127. The standard InChI is InChI=1S/C16H24F8I2O2/c17-13(18,9-11(25)5-1-3-7-27)15(21,22)16(23,24)14(19,20)10-12(26)6-2-4-8-28/h11-12,27-28H,1-10H2. The number of aliphatic hydroxyl groups is 2. The van der Waals surface area contributed by atoms with E-state index in [2.05, 4.69) is 0 Å². The van der Waals surface area contributed by atoms with Crippen LogP contribution in [0, 0.1) is 0 Å². The summed E-state index contributed by atoms with van der Waals surface area (Å²) in [5.74, 6) is -23.1. The number of hydrogen-bond acceptors (Lipinski definition) is 2. The van der Waals surface area contributed by atoms with Gasteiger partial charge in [-0.3, -0.25) is 0 Å². The van der Waals surface area contributed by atoms with E-state index in [0.29, 0.717) is 0 Å². The predicted octanol–water partition coefficient (Wildman–Crippen LogP) is 6.24. The molecule has 0 aromatic rings. The second-order valence-corrected chi connectivity index (χ2v) is 10.1. The Kier molecular flexibility index (Phi) is 12.4. The largest absolute Gasteiger partial charge is 0.396 e. The van der Waals surface area contributed by atoms with Gasteiger partial charge in [-0.25, -0.2) is 0 Å². The third-order valence-electron chi connectivity index (χ3n) is 4.12. The average Bonchev–Trinajstić information content (AvgIpc) is 2.53. The van der Waals surface area contributed by atoms with Crippen molar-refractivity contribution in [1.29, 1.82) is 0 Å². The number of rotatable bonds is 15. The minimum absolute atomic E-state index is 0.0462. The number of halogens is 10. The Bertz CT molecular complexity index is 412.